The number of hydrogen-bond donors (Lipinski definition) is 2. The van der Waals surface area contributed by atoms with Crippen LogP contribution in [-0.4, -0.2) is 28.2 Å². The highest BCUT2D eigenvalue weighted by molar-refractivity contribution is 8.00. The Morgan fingerprint density at radius 1 is 1.46 bits per heavy atom. The second kappa shape index (κ2) is 6.66. The number of nitrogens with one attached hydrogen (secondary N) is 1. The molecule has 3 aromatic rings. The van der Waals surface area contributed by atoms with Gasteiger partial charge in [-0.05, 0) is 24.6 Å². The molecule has 124 valence electrons. The van der Waals surface area contributed by atoms with Gasteiger partial charge in [0.1, 0.15) is 10.6 Å². The van der Waals surface area contributed by atoms with E-state index in [1.807, 2.05) is 29.6 Å². The van der Waals surface area contributed by atoms with Crippen molar-refractivity contribution in [3.8, 4) is 16.9 Å². The summed E-state index contributed by atoms with van der Waals surface area (Å²) in [5.74, 6) is 0.268. The summed E-state index contributed by atoms with van der Waals surface area (Å²) in [7, 11) is 1.60. The van der Waals surface area contributed by atoms with E-state index in [0.717, 1.165) is 28.6 Å². The van der Waals surface area contributed by atoms with Gasteiger partial charge in [-0.15, -0.1) is 11.3 Å². The van der Waals surface area contributed by atoms with Crippen LogP contribution in [0.3, 0.4) is 0 Å². The van der Waals surface area contributed by atoms with Crippen LogP contribution >= 0.6 is 23.1 Å². The summed E-state index contributed by atoms with van der Waals surface area (Å²) >= 11 is 2.52. The molecule has 3 N–H and O–H groups in total. The first kappa shape index (κ1) is 16.5. The molecule has 1 aromatic carbocycles. The maximum absolute atomic E-state index is 12.5. The van der Waals surface area contributed by atoms with E-state index in [1.54, 1.807) is 14.0 Å². The molecule has 0 saturated carbocycles. The fourth-order valence-electron chi connectivity index (χ4n) is 2.21. The van der Waals surface area contributed by atoms with Crippen LogP contribution in [0.2, 0.25) is 0 Å². The molecule has 24 heavy (non-hydrogen) atoms. The maximum Gasteiger partial charge on any atom is 0.260 e. The number of ether oxygens (including phenoxy) is 1. The number of thiophene rings is 1. The lowest BCUT2D eigenvalue weighted by Gasteiger charge is -2.06. The zero-order chi connectivity index (χ0) is 17.3. The minimum absolute atomic E-state index is 0.238. The molecule has 1 amide bonds. The standard InChI is InChI=1S/C16H15N3O3S2/c1-8(13(17)20)24-16-18-14(21)12-11(7-23-15(12)19-16)9-4-3-5-10(6-9)22-2/h3-8H,1-2H3,(H2,17,20)(H,18,19,21). The van der Waals surface area contributed by atoms with Gasteiger partial charge in [-0.2, -0.15) is 0 Å². The third kappa shape index (κ3) is 3.15. The van der Waals surface area contributed by atoms with Crippen molar-refractivity contribution in [3.05, 3.63) is 40.0 Å². The molecule has 8 heteroatoms. The van der Waals surface area contributed by atoms with Crippen molar-refractivity contribution < 1.29 is 9.53 Å². The molecule has 2 aromatic heterocycles. The summed E-state index contributed by atoms with van der Waals surface area (Å²) < 4.78 is 5.24. The van der Waals surface area contributed by atoms with Crippen molar-refractivity contribution in [2.75, 3.05) is 7.11 Å². The number of aromatic amines is 1. The SMILES string of the molecule is COc1cccc(-c2csc3nc(SC(C)C(N)=O)[nH]c(=O)c23)c1. The van der Waals surface area contributed by atoms with Crippen molar-refractivity contribution >= 4 is 39.2 Å². The van der Waals surface area contributed by atoms with Crippen LogP contribution in [0, 0.1) is 0 Å². The number of thioether (sulfide) groups is 1. The number of primary amides is 1. The second-order valence-corrected chi connectivity index (χ2v) is 7.28. The molecule has 3 rings (SSSR count). The van der Waals surface area contributed by atoms with E-state index >= 15 is 0 Å². The number of fused-ring (bicyclic) bond motifs is 1. The largest absolute Gasteiger partial charge is 0.497 e. The number of methoxy groups -OCH3 is 1. The van der Waals surface area contributed by atoms with E-state index < -0.39 is 11.2 Å². The van der Waals surface area contributed by atoms with Crippen LogP contribution in [0.4, 0.5) is 0 Å². The Morgan fingerprint density at radius 3 is 2.96 bits per heavy atom. The van der Waals surface area contributed by atoms with E-state index in [0.29, 0.717) is 15.4 Å². The fraction of sp³-hybridized carbons (Fsp3) is 0.188. The molecule has 0 spiro atoms. The Hall–Kier alpha value is -2.32. The molecule has 0 saturated heterocycles. The fourth-order valence-corrected chi connectivity index (χ4v) is 3.97. The number of carbonyl (C=O) groups excluding carboxylic acids is 1. The molecule has 1 atom stereocenters. The number of aromatic nitrogens is 2. The smallest absolute Gasteiger partial charge is 0.260 e. The van der Waals surface area contributed by atoms with Gasteiger partial charge in [-0.1, -0.05) is 23.9 Å². The van der Waals surface area contributed by atoms with Crippen LogP contribution in [0.25, 0.3) is 21.3 Å². The number of amides is 1. The highest BCUT2D eigenvalue weighted by Crippen LogP contribution is 2.33. The van der Waals surface area contributed by atoms with Gasteiger partial charge in [0.15, 0.2) is 5.16 Å². The summed E-state index contributed by atoms with van der Waals surface area (Å²) in [6, 6.07) is 7.51. The van der Waals surface area contributed by atoms with Crippen molar-refractivity contribution in [1.82, 2.24) is 9.97 Å². The van der Waals surface area contributed by atoms with Crippen LogP contribution in [0.5, 0.6) is 5.75 Å². The van der Waals surface area contributed by atoms with Gasteiger partial charge in [0, 0.05) is 10.9 Å². The summed E-state index contributed by atoms with van der Waals surface area (Å²) in [6.45, 7) is 1.67. The first-order valence-electron chi connectivity index (χ1n) is 7.11. The molecule has 1 unspecified atom stereocenters. The number of hydrogen-bond acceptors (Lipinski definition) is 6. The van der Waals surface area contributed by atoms with E-state index in [-0.39, 0.29) is 5.56 Å². The average molecular weight is 361 g/mol. The van der Waals surface area contributed by atoms with Gasteiger partial charge < -0.3 is 15.5 Å². The average Bonchev–Trinajstić information content (AvgIpc) is 2.99. The minimum Gasteiger partial charge on any atom is -0.497 e. The molecule has 2 heterocycles. The van der Waals surface area contributed by atoms with Gasteiger partial charge in [-0.3, -0.25) is 9.59 Å². The van der Waals surface area contributed by atoms with Crippen LogP contribution in [-0.2, 0) is 4.79 Å². The zero-order valence-corrected chi connectivity index (χ0v) is 14.7. The Morgan fingerprint density at radius 2 is 2.25 bits per heavy atom. The molecular formula is C16H15N3O3S2. The molecule has 0 fully saturated rings. The first-order chi connectivity index (χ1) is 11.5. The molecule has 0 aliphatic rings. The van der Waals surface area contributed by atoms with Crippen molar-refractivity contribution in [2.24, 2.45) is 5.73 Å². The van der Waals surface area contributed by atoms with Gasteiger partial charge in [0.2, 0.25) is 5.91 Å². The maximum atomic E-state index is 12.5. The van der Waals surface area contributed by atoms with Crippen molar-refractivity contribution in [2.45, 2.75) is 17.3 Å². The molecule has 6 nitrogen and oxygen atoms in total. The van der Waals surface area contributed by atoms with Crippen molar-refractivity contribution in [1.29, 1.82) is 0 Å². The normalized spacial score (nSPS) is 12.2. The summed E-state index contributed by atoms with van der Waals surface area (Å²) in [5, 5.41) is 2.35. The van der Waals surface area contributed by atoms with E-state index in [9.17, 15) is 9.59 Å². The third-order valence-corrected chi connectivity index (χ3v) is 5.37. The van der Waals surface area contributed by atoms with E-state index in [4.69, 9.17) is 10.5 Å². The lowest BCUT2D eigenvalue weighted by molar-refractivity contribution is -0.117. The summed E-state index contributed by atoms with van der Waals surface area (Å²) in [6.07, 6.45) is 0. The number of nitrogens with two attached hydrogens (primary N) is 1. The van der Waals surface area contributed by atoms with Gasteiger partial charge in [-0.25, -0.2) is 4.98 Å². The summed E-state index contributed by atoms with van der Waals surface area (Å²) in [5.41, 5.74) is 6.71. The molecule has 0 radical (unpaired) electrons. The van der Waals surface area contributed by atoms with Crippen LogP contribution in [0.15, 0.2) is 39.6 Å². The topological polar surface area (TPSA) is 98.1 Å². The second-order valence-electron chi connectivity index (χ2n) is 5.10. The minimum atomic E-state index is -0.469. The zero-order valence-electron chi connectivity index (χ0n) is 13.0. The van der Waals surface area contributed by atoms with Crippen molar-refractivity contribution in [3.63, 3.8) is 0 Å². The number of carbonyl (C=O) groups is 1. The molecule has 0 aliphatic heterocycles. The number of H-pyrrole nitrogens is 1. The van der Waals surface area contributed by atoms with Crippen LogP contribution < -0.4 is 16.0 Å². The lowest BCUT2D eigenvalue weighted by atomic mass is 10.1. The molecular weight excluding hydrogens is 346 g/mol. The Kier molecular flexibility index (Phi) is 4.59. The predicted molar refractivity (Wildman–Crippen MR) is 96.7 cm³/mol. The highest BCUT2D eigenvalue weighted by Gasteiger charge is 2.16. The van der Waals surface area contributed by atoms with Gasteiger partial charge in [0.25, 0.3) is 5.56 Å². The van der Waals surface area contributed by atoms with E-state index in [2.05, 4.69) is 9.97 Å². The Bertz CT molecular complexity index is 965. The monoisotopic (exact) mass is 361 g/mol. The Labute approximate surface area is 146 Å². The quantitative estimate of drug-likeness (QED) is 0.538. The van der Waals surface area contributed by atoms with Crippen LogP contribution in [0.1, 0.15) is 6.92 Å². The predicted octanol–water partition coefficient (Wildman–Crippen LogP) is 2.63. The number of nitrogens with zero attached hydrogens (tertiary/aromatic N) is 1. The third-order valence-electron chi connectivity index (χ3n) is 3.49. The molecule has 0 aliphatic carbocycles. The Balaban J connectivity index is 2.07. The summed E-state index contributed by atoms with van der Waals surface area (Å²) in [4.78, 5) is 31.5. The van der Waals surface area contributed by atoms with Gasteiger partial charge >= 0.3 is 0 Å². The molecule has 0 bridgehead atoms. The van der Waals surface area contributed by atoms with E-state index in [1.165, 1.54) is 11.3 Å². The number of benzene rings is 1. The first-order valence-corrected chi connectivity index (χ1v) is 8.87. The highest BCUT2D eigenvalue weighted by atomic mass is 32.2. The lowest BCUT2D eigenvalue weighted by Crippen LogP contribution is -2.23. The van der Waals surface area contributed by atoms with Gasteiger partial charge in [0.05, 0.1) is 17.7 Å². The number of rotatable bonds is 5.